The molecule has 6 heteroatoms. The van der Waals surface area contributed by atoms with Crippen molar-refractivity contribution >= 4 is 45.2 Å². The minimum Gasteiger partial charge on any atom is -0.350 e. The lowest BCUT2D eigenvalue weighted by Gasteiger charge is -2.56. The molecule has 4 fully saturated rings. The lowest BCUT2D eigenvalue weighted by molar-refractivity contribution is -0.124. The number of anilines is 1. The summed E-state index contributed by atoms with van der Waals surface area (Å²) in [6.07, 6.45) is 7.55. The first-order valence-electron chi connectivity index (χ1n) is 11.1. The highest BCUT2D eigenvalue weighted by molar-refractivity contribution is 9.10. The van der Waals surface area contributed by atoms with Crippen LogP contribution in [0.4, 0.5) is 5.69 Å². The summed E-state index contributed by atoms with van der Waals surface area (Å²) in [5, 5.41) is 6.38. The summed E-state index contributed by atoms with van der Waals surface area (Å²) in [4.78, 5) is 26.6. The van der Waals surface area contributed by atoms with Gasteiger partial charge in [-0.25, -0.2) is 0 Å². The first-order chi connectivity index (χ1) is 15.0. The number of halogens is 1. The number of carbonyl (C=O) groups is 2. The zero-order valence-electron chi connectivity index (χ0n) is 17.4. The molecule has 4 aliphatic carbocycles. The van der Waals surface area contributed by atoms with Crippen LogP contribution < -0.4 is 10.6 Å². The molecule has 2 aromatic carbocycles. The van der Waals surface area contributed by atoms with Crippen molar-refractivity contribution in [2.75, 3.05) is 11.1 Å². The number of hydrogen-bond acceptors (Lipinski definition) is 3. The van der Waals surface area contributed by atoms with Crippen molar-refractivity contribution < 1.29 is 9.59 Å². The molecular formula is C25H27BrN2O2S. The van der Waals surface area contributed by atoms with Crippen molar-refractivity contribution in [2.24, 2.45) is 17.8 Å². The smallest absolute Gasteiger partial charge is 0.256 e. The van der Waals surface area contributed by atoms with Gasteiger partial charge in [-0.3, -0.25) is 9.59 Å². The van der Waals surface area contributed by atoms with E-state index >= 15 is 0 Å². The van der Waals surface area contributed by atoms with Crippen LogP contribution in [0, 0.1) is 17.8 Å². The zero-order valence-corrected chi connectivity index (χ0v) is 19.8. The van der Waals surface area contributed by atoms with Gasteiger partial charge in [-0.1, -0.05) is 24.3 Å². The Morgan fingerprint density at radius 2 is 1.55 bits per heavy atom. The van der Waals surface area contributed by atoms with Crippen LogP contribution >= 0.6 is 27.7 Å². The predicted molar refractivity (Wildman–Crippen MR) is 128 cm³/mol. The molecule has 0 heterocycles. The molecule has 0 spiro atoms. The van der Waals surface area contributed by atoms with Crippen LogP contribution in [-0.2, 0) is 4.79 Å². The number of amides is 2. The van der Waals surface area contributed by atoms with Crippen LogP contribution in [0.15, 0.2) is 57.9 Å². The number of carbonyl (C=O) groups excluding carboxylic acids is 2. The van der Waals surface area contributed by atoms with Gasteiger partial charge in [0.05, 0.1) is 17.0 Å². The summed E-state index contributed by atoms with van der Waals surface area (Å²) in [6, 6.07) is 15.0. The zero-order chi connectivity index (χ0) is 21.4. The summed E-state index contributed by atoms with van der Waals surface area (Å²) in [7, 11) is 0. The molecule has 0 aromatic heterocycles. The molecule has 4 aliphatic rings. The first-order valence-corrected chi connectivity index (χ1v) is 12.9. The molecule has 6 rings (SSSR count). The number of rotatable bonds is 6. The fraction of sp³-hybridized carbons (Fsp3) is 0.440. The highest BCUT2D eigenvalue weighted by Gasteiger charge is 2.51. The van der Waals surface area contributed by atoms with Crippen molar-refractivity contribution in [1.82, 2.24) is 5.32 Å². The second-order valence-electron chi connectivity index (χ2n) is 9.46. The highest BCUT2D eigenvalue weighted by atomic mass is 79.9. The number of hydrogen-bond donors (Lipinski definition) is 2. The van der Waals surface area contributed by atoms with E-state index in [9.17, 15) is 9.59 Å². The van der Waals surface area contributed by atoms with Crippen molar-refractivity contribution in [3.8, 4) is 0 Å². The van der Waals surface area contributed by atoms with Gasteiger partial charge in [-0.05, 0) is 96.5 Å². The third-order valence-electron chi connectivity index (χ3n) is 7.06. The Kier molecular flexibility index (Phi) is 5.86. The maximum Gasteiger partial charge on any atom is 0.256 e. The molecule has 0 radical (unpaired) electrons. The number of nitrogens with one attached hydrogen (secondary N) is 2. The second kappa shape index (κ2) is 8.62. The molecule has 0 saturated heterocycles. The molecule has 4 nitrogen and oxygen atoms in total. The van der Waals surface area contributed by atoms with E-state index in [1.54, 1.807) is 0 Å². The Morgan fingerprint density at radius 3 is 2.23 bits per heavy atom. The minimum atomic E-state index is -0.170. The van der Waals surface area contributed by atoms with E-state index in [4.69, 9.17) is 0 Å². The molecule has 162 valence electrons. The van der Waals surface area contributed by atoms with Gasteiger partial charge in [0.2, 0.25) is 5.91 Å². The van der Waals surface area contributed by atoms with Gasteiger partial charge in [0.1, 0.15) is 0 Å². The lowest BCUT2D eigenvalue weighted by atomic mass is 9.53. The average Bonchev–Trinajstić information content (AvgIpc) is 2.73. The quantitative estimate of drug-likeness (QED) is 0.489. The number of benzene rings is 2. The number of thioether (sulfide) groups is 1. The van der Waals surface area contributed by atoms with Gasteiger partial charge in [0.15, 0.2) is 0 Å². The van der Waals surface area contributed by atoms with Gasteiger partial charge in [-0.15, -0.1) is 11.8 Å². The molecule has 4 saturated carbocycles. The van der Waals surface area contributed by atoms with E-state index in [2.05, 4.69) is 26.6 Å². The summed E-state index contributed by atoms with van der Waals surface area (Å²) in [6.45, 7) is 0. The van der Waals surface area contributed by atoms with Crippen molar-refractivity contribution in [3.63, 3.8) is 0 Å². The summed E-state index contributed by atoms with van der Waals surface area (Å²) in [5.41, 5.74) is 1.35. The molecule has 2 amide bonds. The Balaban J connectivity index is 1.22. The van der Waals surface area contributed by atoms with Crippen LogP contribution in [0.25, 0.3) is 0 Å². The van der Waals surface area contributed by atoms with Gasteiger partial charge < -0.3 is 10.6 Å². The van der Waals surface area contributed by atoms with E-state index in [-0.39, 0.29) is 17.4 Å². The molecule has 0 atom stereocenters. The summed E-state index contributed by atoms with van der Waals surface area (Å²) >= 11 is 4.91. The molecule has 4 bridgehead atoms. The maximum absolute atomic E-state index is 12.9. The predicted octanol–water partition coefficient (Wildman–Crippen LogP) is 5.88. The molecule has 2 aromatic rings. The molecule has 0 unspecified atom stereocenters. The van der Waals surface area contributed by atoms with E-state index in [1.807, 2.05) is 48.5 Å². The topological polar surface area (TPSA) is 58.2 Å². The van der Waals surface area contributed by atoms with Gasteiger partial charge in [0.25, 0.3) is 5.91 Å². The fourth-order valence-corrected chi connectivity index (χ4v) is 7.50. The molecule has 31 heavy (non-hydrogen) atoms. The Morgan fingerprint density at radius 1 is 0.935 bits per heavy atom. The Hall–Kier alpha value is -1.79. The van der Waals surface area contributed by atoms with Crippen LogP contribution in [-0.4, -0.2) is 23.1 Å². The standard InChI is InChI=1S/C25H27BrN2O2S/c26-20-6-2-3-7-21(20)27-24(30)19-5-1-4-8-22(19)31-15-23(29)28-25-12-16-9-17(13-25)11-18(10-16)14-25/h1-8,16-18H,9-15H2,(H,27,30)(H,28,29). The SMILES string of the molecule is O=C(CSc1ccccc1C(=O)Nc1ccccc1Br)NC12CC3CC(CC(C3)C1)C2. The van der Waals surface area contributed by atoms with E-state index in [1.165, 1.54) is 31.0 Å². The van der Waals surface area contributed by atoms with Gasteiger partial charge in [-0.2, -0.15) is 0 Å². The van der Waals surface area contributed by atoms with Gasteiger partial charge in [0, 0.05) is 14.9 Å². The van der Waals surface area contributed by atoms with E-state index in [0.717, 1.165) is 52.1 Å². The third-order valence-corrected chi connectivity index (χ3v) is 8.82. The largest absolute Gasteiger partial charge is 0.350 e. The van der Waals surface area contributed by atoms with Crippen LogP contribution in [0.5, 0.6) is 0 Å². The molecule has 0 aliphatic heterocycles. The van der Waals surface area contributed by atoms with E-state index < -0.39 is 0 Å². The Bertz CT molecular complexity index is 973. The Labute approximate surface area is 196 Å². The summed E-state index contributed by atoms with van der Waals surface area (Å²) in [5.74, 6) is 2.67. The van der Waals surface area contributed by atoms with Crippen molar-refractivity contribution in [2.45, 2.75) is 49.0 Å². The number of para-hydroxylation sites is 1. The monoisotopic (exact) mass is 498 g/mol. The highest BCUT2D eigenvalue weighted by Crippen LogP contribution is 2.55. The lowest BCUT2D eigenvalue weighted by Crippen LogP contribution is -2.60. The van der Waals surface area contributed by atoms with Crippen LogP contribution in [0.2, 0.25) is 0 Å². The average molecular weight is 499 g/mol. The van der Waals surface area contributed by atoms with Crippen molar-refractivity contribution in [1.29, 1.82) is 0 Å². The molecular weight excluding hydrogens is 472 g/mol. The van der Waals surface area contributed by atoms with Crippen LogP contribution in [0.1, 0.15) is 48.9 Å². The van der Waals surface area contributed by atoms with Crippen molar-refractivity contribution in [3.05, 3.63) is 58.6 Å². The first kappa shape index (κ1) is 21.1. The minimum absolute atomic E-state index is 0.0306. The molecule has 2 N–H and O–H groups in total. The van der Waals surface area contributed by atoms with Crippen LogP contribution in [0.3, 0.4) is 0 Å². The van der Waals surface area contributed by atoms with E-state index in [0.29, 0.717) is 11.3 Å². The maximum atomic E-state index is 12.9. The third kappa shape index (κ3) is 4.56. The fourth-order valence-electron chi connectivity index (χ4n) is 6.27. The second-order valence-corrected chi connectivity index (χ2v) is 11.3. The summed E-state index contributed by atoms with van der Waals surface area (Å²) < 4.78 is 0.837. The normalized spacial score (nSPS) is 28.4. The van der Waals surface area contributed by atoms with Gasteiger partial charge >= 0.3 is 0 Å².